The topological polar surface area (TPSA) is 24.7 Å². The van der Waals surface area contributed by atoms with Crippen molar-refractivity contribution in [3.8, 4) is 0 Å². The summed E-state index contributed by atoms with van der Waals surface area (Å²) in [5.41, 5.74) is 4.73. The maximum Gasteiger partial charge on any atom is 0.0766 e. The second-order valence-corrected chi connectivity index (χ2v) is 7.87. The molecule has 0 bridgehead atoms. The van der Waals surface area contributed by atoms with Crippen LogP contribution in [0.1, 0.15) is 11.1 Å². The highest BCUT2D eigenvalue weighted by Gasteiger charge is 2.08. The van der Waals surface area contributed by atoms with Crippen LogP contribution in [0.3, 0.4) is 0 Å². The third-order valence-electron chi connectivity index (χ3n) is 4.11. The predicted octanol–water partition coefficient (Wildman–Crippen LogP) is 6.69. The smallest absolute Gasteiger partial charge is 0.0766 e. The van der Waals surface area contributed by atoms with E-state index in [4.69, 9.17) is 0 Å². The first-order valence-electron chi connectivity index (χ1n) is 8.47. The number of nitrogens with zero attached hydrogens (tertiary/aromatic N) is 2. The van der Waals surface area contributed by atoms with Crippen molar-refractivity contribution in [2.45, 2.75) is 21.3 Å². The molecule has 0 saturated carbocycles. The Morgan fingerprint density at radius 2 is 0.962 bits per heavy atom. The molecule has 3 aromatic carbocycles. The fourth-order valence-corrected chi connectivity index (χ4v) is 4.82. The highest BCUT2D eigenvalue weighted by Crippen LogP contribution is 2.35. The molecule has 0 radical (unpaired) electrons. The molecule has 4 rings (SSSR count). The third kappa shape index (κ3) is 4.09. The lowest BCUT2D eigenvalue weighted by Crippen LogP contribution is -1.91. The number of thioether (sulfide) groups is 2. The zero-order valence-electron chi connectivity index (χ0n) is 14.2. The zero-order chi connectivity index (χ0) is 17.6. The maximum atomic E-state index is 4.60. The third-order valence-corrected chi connectivity index (χ3v) is 6.33. The minimum absolute atomic E-state index is 0.943. The average Bonchev–Trinajstić information content (AvgIpc) is 2.69. The van der Waals surface area contributed by atoms with Crippen LogP contribution in [0.5, 0.6) is 0 Å². The van der Waals surface area contributed by atoms with E-state index in [9.17, 15) is 0 Å². The van der Waals surface area contributed by atoms with Gasteiger partial charge in [0.2, 0.25) is 0 Å². The van der Waals surface area contributed by atoms with Gasteiger partial charge >= 0.3 is 0 Å². The number of para-hydroxylation sites is 2. The first-order valence-corrected chi connectivity index (χ1v) is 10.4. The van der Waals surface area contributed by atoms with E-state index in [0.717, 1.165) is 22.9 Å². The summed E-state index contributed by atoms with van der Waals surface area (Å²) in [6.45, 7) is 0. The van der Waals surface area contributed by atoms with Gasteiger partial charge in [-0.2, -0.15) is 0 Å². The lowest BCUT2D eigenvalue weighted by molar-refractivity contribution is 1.26. The molecule has 1 aliphatic heterocycles. The Morgan fingerprint density at radius 3 is 1.46 bits per heavy atom. The summed E-state index contributed by atoms with van der Waals surface area (Å²) in [4.78, 5) is 11.6. The van der Waals surface area contributed by atoms with Crippen molar-refractivity contribution >= 4 is 47.3 Å². The molecule has 2 nitrogen and oxygen atoms in total. The van der Waals surface area contributed by atoms with Crippen molar-refractivity contribution in [2.24, 2.45) is 9.98 Å². The predicted molar refractivity (Wildman–Crippen MR) is 115 cm³/mol. The van der Waals surface area contributed by atoms with Crippen LogP contribution >= 0.6 is 23.5 Å². The second-order valence-electron chi connectivity index (χ2n) is 5.84. The summed E-state index contributed by atoms with van der Waals surface area (Å²) in [6.07, 6.45) is 3.56. The van der Waals surface area contributed by atoms with Gasteiger partial charge in [-0.3, -0.25) is 9.98 Å². The zero-order valence-corrected chi connectivity index (χ0v) is 15.8. The number of aliphatic imine (C=N–C) groups is 2. The first kappa shape index (κ1) is 17.1. The molecular formula is C22H18N2S2. The Kier molecular flexibility index (Phi) is 5.53. The largest absolute Gasteiger partial charge is 0.254 e. The standard InChI is InChI=1S/C22H18N2S2/c1-2-8-18-16-26-22-12-6-4-10-20(22)24-14-13-23-19-9-3-5-11-21(19)25-15-17(18)7-1/h1-14H,15-16H2. The number of hydrogen-bond donors (Lipinski definition) is 0. The molecule has 0 N–H and O–H groups in total. The van der Waals surface area contributed by atoms with Crippen molar-refractivity contribution < 1.29 is 0 Å². The average molecular weight is 375 g/mol. The van der Waals surface area contributed by atoms with Gasteiger partial charge in [-0.15, -0.1) is 23.5 Å². The Bertz CT molecular complexity index is 885. The maximum absolute atomic E-state index is 4.60. The van der Waals surface area contributed by atoms with Crippen LogP contribution in [0.4, 0.5) is 11.4 Å². The van der Waals surface area contributed by atoms with Crippen molar-refractivity contribution in [3.05, 3.63) is 83.9 Å². The normalized spacial score (nSPS) is 14.0. The van der Waals surface area contributed by atoms with E-state index in [-0.39, 0.29) is 0 Å². The molecule has 128 valence electrons. The van der Waals surface area contributed by atoms with Crippen LogP contribution < -0.4 is 0 Å². The molecule has 0 spiro atoms. The Labute approximate surface area is 162 Å². The minimum Gasteiger partial charge on any atom is -0.254 e. The summed E-state index contributed by atoms with van der Waals surface area (Å²) in [7, 11) is 0. The van der Waals surface area contributed by atoms with Crippen LogP contribution in [0.2, 0.25) is 0 Å². The molecule has 0 saturated heterocycles. The van der Waals surface area contributed by atoms with Crippen molar-refractivity contribution in [3.63, 3.8) is 0 Å². The van der Waals surface area contributed by atoms with Crippen LogP contribution in [-0.2, 0) is 11.5 Å². The van der Waals surface area contributed by atoms with Crippen LogP contribution in [-0.4, -0.2) is 12.4 Å². The highest BCUT2D eigenvalue weighted by atomic mass is 32.2. The summed E-state index contributed by atoms with van der Waals surface area (Å²) >= 11 is 3.67. The lowest BCUT2D eigenvalue weighted by atomic mass is 10.1. The van der Waals surface area contributed by atoms with Crippen LogP contribution in [0.15, 0.2) is 92.6 Å². The van der Waals surface area contributed by atoms with Crippen LogP contribution in [0.25, 0.3) is 0 Å². The molecule has 0 amide bonds. The summed E-state index contributed by atoms with van der Waals surface area (Å²) in [5, 5.41) is 0. The van der Waals surface area contributed by atoms with Gasteiger partial charge in [0.1, 0.15) is 0 Å². The fourth-order valence-electron chi connectivity index (χ4n) is 2.75. The summed E-state index contributed by atoms with van der Waals surface area (Å²) in [5.74, 6) is 1.89. The van der Waals surface area contributed by atoms with E-state index in [1.807, 2.05) is 47.8 Å². The molecule has 0 aliphatic carbocycles. The monoisotopic (exact) mass is 374 g/mol. The number of hydrogen-bond acceptors (Lipinski definition) is 4. The van der Waals surface area contributed by atoms with E-state index in [0.29, 0.717) is 0 Å². The van der Waals surface area contributed by atoms with Gasteiger partial charge in [-0.25, -0.2) is 0 Å². The Balaban J connectivity index is 1.76. The van der Waals surface area contributed by atoms with Gasteiger partial charge in [-0.1, -0.05) is 48.5 Å². The van der Waals surface area contributed by atoms with E-state index in [1.165, 1.54) is 20.9 Å². The fraction of sp³-hybridized carbons (Fsp3) is 0.0909. The molecule has 1 heterocycles. The Morgan fingerprint density at radius 1 is 0.538 bits per heavy atom. The highest BCUT2D eigenvalue weighted by molar-refractivity contribution is 7.99. The van der Waals surface area contributed by atoms with E-state index < -0.39 is 0 Å². The van der Waals surface area contributed by atoms with E-state index >= 15 is 0 Å². The number of fused-ring (bicyclic) bond motifs is 3. The summed E-state index contributed by atoms with van der Waals surface area (Å²) in [6, 6.07) is 25.2. The van der Waals surface area contributed by atoms with Gasteiger partial charge in [0.25, 0.3) is 0 Å². The molecule has 3 aromatic rings. The molecule has 0 unspecified atom stereocenters. The van der Waals surface area contributed by atoms with Crippen LogP contribution in [0, 0.1) is 0 Å². The van der Waals surface area contributed by atoms with Gasteiger partial charge in [0.15, 0.2) is 0 Å². The van der Waals surface area contributed by atoms with Crippen molar-refractivity contribution in [2.75, 3.05) is 0 Å². The molecule has 0 atom stereocenters. The second kappa shape index (κ2) is 8.39. The van der Waals surface area contributed by atoms with Gasteiger partial charge < -0.3 is 0 Å². The first-order chi connectivity index (χ1) is 12.9. The molecule has 1 aliphatic rings. The van der Waals surface area contributed by atoms with Gasteiger partial charge in [0.05, 0.1) is 11.4 Å². The molecule has 26 heavy (non-hydrogen) atoms. The molecule has 0 aromatic heterocycles. The SMILES string of the molecule is C1=Nc2ccccc2SCc2ccccc2CSc2ccccc2N=C1. The van der Waals surface area contributed by atoms with E-state index in [1.54, 1.807) is 12.4 Å². The van der Waals surface area contributed by atoms with Gasteiger partial charge in [-0.05, 0) is 35.4 Å². The number of rotatable bonds is 0. The van der Waals surface area contributed by atoms with Gasteiger partial charge in [0, 0.05) is 33.7 Å². The number of benzene rings is 3. The van der Waals surface area contributed by atoms with Crippen molar-refractivity contribution in [1.29, 1.82) is 0 Å². The van der Waals surface area contributed by atoms with Crippen molar-refractivity contribution in [1.82, 2.24) is 0 Å². The quantitative estimate of drug-likeness (QED) is 0.438. The molecular weight excluding hydrogens is 356 g/mol. The van der Waals surface area contributed by atoms with E-state index in [2.05, 4.69) is 58.5 Å². The lowest BCUT2D eigenvalue weighted by Gasteiger charge is -2.11. The Hall–Kier alpha value is -2.30. The molecule has 4 heteroatoms. The molecule has 0 fully saturated rings. The minimum atomic E-state index is 0.943. The summed E-state index contributed by atoms with van der Waals surface area (Å²) < 4.78 is 0.